The lowest BCUT2D eigenvalue weighted by Gasteiger charge is -2.08. The molecule has 0 aliphatic rings. The van der Waals surface area contributed by atoms with Crippen molar-refractivity contribution in [3.05, 3.63) is 46.4 Å². The normalized spacial score (nSPS) is 11.5. The number of hydrogen-bond acceptors (Lipinski definition) is 4. The van der Waals surface area contributed by atoms with Crippen LogP contribution in [0.15, 0.2) is 40.6 Å². The molecule has 2 rings (SSSR count). The number of hydrogen-bond donors (Lipinski definition) is 2. The molecule has 0 saturated heterocycles. The van der Waals surface area contributed by atoms with E-state index in [-0.39, 0.29) is 10.6 Å². The van der Waals surface area contributed by atoms with Crippen LogP contribution in [0.25, 0.3) is 0 Å². The summed E-state index contributed by atoms with van der Waals surface area (Å²) in [7, 11) is -1.94. The van der Waals surface area contributed by atoms with Gasteiger partial charge in [0.25, 0.3) is 10.0 Å². The lowest BCUT2D eigenvalue weighted by molar-refractivity contribution is 0.600. The third kappa shape index (κ3) is 3.31. The molecule has 4 nitrogen and oxygen atoms in total. The minimum atomic E-state index is -3.69. The Kier molecular flexibility index (Phi) is 4.18. The molecular weight excluding hydrogens is 287 g/mol. The molecule has 1 heterocycles. The van der Waals surface area contributed by atoms with E-state index in [1.165, 1.54) is 29.5 Å². The average Bonchev–Trinajstić information content (AvgIpc) is 2.78. The summed E-state index contributed by atoms with van der Waals surface area (Å²) in [4.78, 5) is 0.933. The van der Waals surface area contributed by atoms with Crippen molar-refractivity contribution >= 4 is 27.0 Å². The van der Waals surface area contributed by atoms with Gasteiger partial charge in [0, 0.05) is 11.4 Å². The smallest absolute Gasteiger partial charge is 0.263 e. The van der Waals surface area contributed by atoms with Gasteiger partial charge < -0.3 is 5.32 Å². The molecule has 0 saturated carbocycles. The van der Waals surface area contributed by atoms with Gasteiger partial charge in [0.1, 0.15) is 10.7 Å². The quantitative estimate of drug-likeness (QED) is 0.891. The maximum atomic E-state index is 13.0. The molecule has 102 valence electrons. The maximum absolute atomic E-state index is 13.0. The maximum Gasteiger partial charge on any atom is 0.263 e. The van der Waals surface area contributed by atoms with E-state index in [0.717, 1.165) is 6.07 Å². The molecule has 0 radical (unpaired) electrons. The van der Waals surface area contributed by atoms with Gasteiger partial charge in [-0.25, -0.2) is 12.8 Å². The highest BCUT2D eigenvalue weighted by molar-refractivity contribution is 7.93. The monoisotopic (exact) mass is 300 g/mol. The van der Waals surface area contributed by atoms with Crippen LogP contribution in [-0.4, -0.2) is 15.5 Å². The summed E-state index contributed by atoms with van der Waals surface area (Å²) in [6.45, 7) is 0.469. The van der Waals surface area contributed by atoms with Gasteiger partial charge in [-0.15, -0.1) is 11.3 Å². The van der Waals surface area contributed by atoms with Crippen LogP contribution in [0.4, 0.5) is 10.1 Å². The number of thiophene rings is 1. The average molecular weight is 300 g/mol. The summed E-state index contributed by atoms with van der Waals surface area (Å²) in [5, 5.41) is 4.63. The van der Waals surface area contributed by atoms with Crippen molar-refractivity contribution < 1.29 is 12.8 Å². The van der Waals surface area contributed by atoms with Gasteiger partial charge >= 0.3 is 0 Å². The van der Waals surface area contributed by atoms with Crippen molar-refractivity contribution in [2.45, 2.75) is 11.4 Å². The summed E-state index contributed by atoms with van der Waals surface area (Å²) >= 11 is 1.36. The Morgan fingerprint density at radius 3 is 2.79 bits per heavy atom. The summed E-state index contributed by atoms with van der Waals surface area (Å²) < 4.78 is 39.8. The van der Waals surface area contributed by atoms with Gasteiger partial charge in [-0.2, -0.15) is 0 Å². The van der Waals surface area contributed by atoms with Crippen LogP contribution in [0.1, 0.15) is 4.88 Å². The van der Waals surface area contributed by atoms with E-state index in [4.69, 9.17) is 0 Å². The summed E-state index contributed by atoms with van der Waals surface area (Å²) in [6.07, 6.45) is 0. The van der Waals surface area contributed by atoms with E-state index < -0.39 is 15.8 Å². The highest BCUT2D eigenvalue weighted by atomic mass is 32.2. The van der Waals surface area contributed by atoms with Crippen LogP contribution >= 0.6 is 11.3 Å². The van der Waals surface area contributed by atoms with Crippen LogP contribution < -0.4 is 10.0 Å². The molecule has 2 N–H and O–H groups in total. The molecule has 7 heteroatoms. The number of nitrogens with one attached hydrogen (secondary N) is 2. The molecule has 0 atom stereocenters. The number of rotatable bonds is 5. The molecule has 0 unspecified atom stereocenters. The number of halogens is 1. The zero-order valence-electron chi connectivity index (χ0n) is 10.2. The SMILES string of the molecule is CNCc1sccc1S(=O)(=O)Nc1cccc(F)c1. The second-order valence-electron chi connectivity index (χ2n) is 3.85. The van der Waals surface area contributed by atoms with E-state index in [9.17, 15) is 12.8 Å². The van der Waals surface area contributed by atoms with E-state index in [1.54, 1.807) is 18.5 Å². The third-order valence-electron chi connectivity index (χ3n) is 2.41. The fourth-order valence-corrected chi connectivity index (χ4v) is 4.13. The Labute approximate surface area is 115 Å². The van der Waals surface area contributed by atoms with Gasteiger partial charge in [-0.05, 0) is 36.7 Å². The Balaban J connectivity index is 2.30. The standard InChI is InChI=1S/C12H13FN2O2S2/c1-14-8-11-12(5-6-18-11)19(16,17)15-10-4-2-3-9(13)7-10/h2-7,14-15H,8H2,1H3. The Morgan fingerprint density at radius 1 is 1.32 bits per heavy atom. The Bertz CT molecular complexity index is 668. The van der Waals surface area contributed by atoms with Gasteiger partial charge in [0.15, 0.2) is 0 Å². The van der Waals surface area contributed by atoms with Crippen LogP contribution in [0.2, 0.25) is 0 Å². The molecule has 0 aliphatic heterocycles. The third-order valence-corrected chi connectivity index (χ3v) is 4.92. The van der Waals surface area contributed by atoms with Crippen molar-refractivity contribution in [3.8, 4) is 0 Å². The summed E-state index contributed by atoms with van der Waals surface area (Å²) in [5.41, 5.74) is 0.210. The van der Waals surface area contributed by atoms with Crippen LogP contribution in [0.3, 0.4) is 0 Å². The van der Waals surface area contributed by atoms with E-state index >= 15 is 0 Å². The van der Waals surface area contributed by atoms with Crippen LogP contribution in [0, 0.1) is 5.82 Å². The first kappa shape index (κ1) is 14.0. The topological polar surface area (TPSA) is 58.2 Å². The molecule has 0 aliphatic carbocycles. The molecule has 1 aromatic heterocycles. The van der Waals surface area contributed by atoms with Crippen molar-refractivity contribution in [2.24, 2.45) is 0 Å². The largest absolute Gasteiger partial charge is 0.315 e. The molecule has 1 aromatic carbocycles. The minimum absolute atomic E-state index is 0.210. The second kappa shape index (κ2) is 5.68. The molecular formula is C12H13FN2O2S2. The summed E-state index contributed by atoms with van der Waals surface area (Å²) in [5.74, 6) is -0.485. The lowest BCUT2D eigenvalue weighted by atomic mass is 10.3. The number of sulfonamides is 1. The van der Waals surface area contributed by atoms with Crippen LogP contribution in [0.5, 0.6) is 0 Å². The molecule has 19 heavy (non-hydrogen) atoms. The van der Waals surface area contributed by atoms with Crippen molar-refractivity contribution in [3.63, 3.8) is 0 Å². The number of benzene rings is 1. The zero-order valence-corrected chi connectivity index (χ0v) is 11.8. The minimum Gasteiger partial charge on any atom is -0.315 e. The van der Waals surface area contributed by atoms with Gasteiger partial charge in [-0.1, -0.05) is 6.07 Å². The highest BCUT2D eigenvalue weighted by Gasteiger charge is 2.19. The Hall–Kier alpha value is -1.44. The molecule has 0 fully saturated rings. The van der Waals surface area contributed by atoms with E-state index in [1.807, 2.05) is 0 Å². The van der Waals surface area contributed by atoms with Crippen molar-refractivity contribution in [1.29, 1.82) is 0 Å². The molecule has 2 aromatic rings. The first-order chi connectivity index (χ1) is 9.03. The van der Waals surface area contributed by atoms with Crippen molar-refractivity contribution in [1.82, 2.24) is 5.32 Å². The predicted octanol–water partition coefficient (Wildman–Crippen LogP) is 2.41. The van der Waals surface area contributed by atoms with E-state index in [0.29, 0.717) is 11.4 Å². The zero-order chi connectivity index (χ0) is 13.9. The Morgan fingerprint density at radius 2 is 2.11 bits per heavy atom. The summed E-state index contributed by atoms with van der Waals surface area (Å²) in [6, 6.07) is 6.90. The van der Waals surface area contributed by atoms with Gasteiger partial charge in [0.2, 0.25) is 0 Å². The molecule has 0 amide bonds. The molecule has 0 bridgehead atoms. The van der Waals surface area contributed by atoms with Gasteiger partial charge in [0.05, 0.1) is 5.69 Å². The van der Waals surface area contributed by atoms with E-state index in [2.05, 4.69) is 10.0 Å². The van der Waals surface area contributed by atoms with Crippen LogP contribution in [-0.2, 0) is 16.6 Å². The fourth-order valence-electron chi connectivity index (χ4n) is 1.62. The first-order valence-electron chi connectivity index (χ1n) is 5.52. The fraction of sp³-hybridized carbons (Fsp3) is 0.167. The second-order valence-corrected chi connectivity index (χ2v) is 6.51. The molecule has 0 spiro atoms. The van der Waals surface area contributed by atoms with Crippen molar-refractivity contribution in [2.75, 3.05) is 11.8 Å². The number of anilines is 1. The lowest BCUT2D eigenvalue weighted by Crippen LogP contribution is -2.15. The predicted molar refractivity (Wildman–Crippen MR) is 74.3 cm³/mol. The first-order valence-corrected chi connectivity index (χ1v) is 7.88. The highest BCUT2D eigenvalue weighted by Crippen LogP contribution is 2.24. The van der Waals surface area contributed by atoms with Gasteiger partial charge in [-0.3, -0.25) is 4.72 Å².